The lowest BCUT2D eigenvalue weighted by atomic mass is 10.0. The van der Waals surface area contributed by atoms with Crippen molar-refractivity contribution in [2.24, 2.45) is 7.05 Å². The zero-order valence-corrected chi connectivity index (χ0v) is 13.7. The summed E-state index contributed by atoms with van der Waals surface area (Å²) < 4.78 is 7.69. The molecule has 2 fully saturated rings. The first-order chi connectivity index (χ1) is 10.6. The quantitative estimate of drug-likeness (QED) is 0.921. The van der Waals surface area contributed by atoms with Crippen molar-refractivity contribution in [1.82, 2.24) is 14.8 Å². The molecule has 0 aliphatic carbocycles. The van der Waals surface area contributed by atoms with Crippen molar-refractivity contribution < 1.29 is 9.53 Å². The largest absolute Gasteiger partial charge is 0.377 e. The Labute approximate surface area is 132 Å². The van der Waals surface area contributed by atoms with Crippen molar-refractivity contribution in [2.45, 2.75) is 44.8 Å². The van der Waals surface area contributed by atoms with Gasteiger partial charge in [0.2, 0.25) is 0 Å². The second-order valence-electron chi connectivity index (χ2n) is 6.61. The summed E-state index contributed by atoms with van der Waals surface area (Å²) in [6.45, 7) is 6.07. The van der Waals surface area contributed by atoms with E-state index in [1.54, 1.807) is 0 Å². The summed E-state index contributed by atoms with van der Waals surface area (Å²) in [6, 6.07) is 2.20. The van der Waals surface area contributed by atoms with Gasteiger partial charge >= 0.3 is 0 Å². The maximum absolute atomic E-state index is 12.3. The summed E-state index contributed by atoms with van der Waals surface area (Å²) in [7, 11) is 1.97. The van der Waals surface area contributed by atoms with Crippen LogP contribution in [0, 0.1) is 6.92 Å². The third-order valence-electron chi connectivity index (χ3n) is 5.04. The van der Waals surface area contributed by atoms with Gasteiger partial charge in [-0.2, -0.15) is 0 Å². The van der Waals surface area contributed by atoms with Gasteiger partial charge in [-0.1, -0.05) is 0 Å². The molecule has 0 bridgehead atoms. The lowest BCUT2D eigenvalue weighted by Crippen LogP contribution is -2.46. The number of carbonyl (C=O) groups excluding carboxylic acids is 1. The Hall–Kier alpha value is -1.33. The molecule has 3 heterocycles. The van der Waals surface area contributed by atoms with E-state index < -0.39 is 0 Å². The highest BCUT2D eigenvalue weighted by atomic mass is 16.5. The number of piperidine rings is 1. The van der Waals surface area contributed by atoms with Crippen LogP contribution in [0.15, 0.2) is 12.3 Å². The van der Waals surface area contributed by atoms with E-state index in [2.05, 4.69) is 10.2 Å². The molecule has 0 radical (unpaired) electrons. The first kappa shape index (κ1) is 15.6. The first-order valence-electron chi connectivity index (χ1n) is 8.40. The summed E-state index contributed by atoms with van der Waals surface area (Å²) >= 11 is 0. The SMILES string of the molecule is Cc1c(C(=O)NC2CCN(C[C@H]3CCCO3)CC2)ccn1C. The van der Waals surface area contributed by atoms with Crippen LogP contribution in [0.3, 0.4) is 0 Å². The van der Waals surface area contributed by atoms with Gasteiger partial charge in [0.1, 0.15) is 0 Å². The van der Waals surface area contributed by atoms with E-state index in [9.17, 15) is 4.79 Å². The first-order valence-corrected chi connectivity index (χ1v) is 8.40. The second kappa shape index (κ2) is 6.84. The summed E-state index contributed by atoms with van der Waals surface area (Å²) in [5.41, 5.74) is 1.82. The average molecular weight is 305 g/mol. The highest BCUT2D eigenvalue weighted by Crippen LogP contribution is 2.17. The predicted molar refractivity (Wildman–Crippen MR) is 86.1 cm³/mol. The topological polar surface area (TPSA) is 46.5 Å². The molecule has 1 amide bonds. The molecule has 122 valence electrons. The van der Waals surface area contributed by atoms with Crippen LogP contribution in [0.2, 0.25) is 0 Å². The number of rotatable bonds is 4. The summed E-state index contributed by atoms with van der Waals surface area (Å²) in [6.07, 6.45) is 6.83. The van der Waals surface area contributed by atoms with Crippen LogP contribution in [-0.2, 0) is 11.8 Å². The third kappa shape index (κ3) is 3.52. The van der Waals surface area contributed by atoms with Crippen LogP contribution in [-0.4, -0.2) is 53.8 Å². The molecular formula is C17H27N3O2. The van der Waals surface area contributed by atoms with Gasteiger partial charge in [-0.3, -0.25) is 4.79 Å². The van der Waals surface area contributed by atoms with E-state index in [-0.39, 0.29) is 5.91 Å². The van der Waals surface area contributed by atoms with Crippen LogP contribution in [0.25, 0.3) is 0 Å². The fraction of sp³-hybridized carbons (Fsp3) is 0.706. The molecule has 22 heavy (non-hydrogen) atoms. The number of aryl methyl sites for hydroxylation is 1. The molecule has 3 rings (SSSR count). The minimum absolute atomic E-state index is 0.0654. The van der Waals surface area contributed by atoms with E-state index in [0.29, 0.717) is 12.1 Å². The number of likely N-dealkylation sites (tertiary alicyclic amines) is 1. The van der Waals surface area contributed by atoms with E-state index in [0.717, 1.165) is 50.3 Å². The third-order valence-corrected chi connectivity index (χ3v) is 5.04. The zero-order chi connectivity index (χ0) is 15.5. The molecule has 2 aliphatic heterocycles. The van der Waals surface area contributed by atoms with E-state index in [1.807, 2.05) is 30.8 Å². The lowest BCUT2D eigenvalue weighted by molar-refractivity contribution is 0.0613. The number of amides is 1. The molecule has 1 aromatic rings. The molecule has 0 spiro atoms. The summed E-state index contributed by atoms with van der Waals surface area (Å²) in [4.78, 5) is 14.8. The second-order valence-corrected chi connectivity index (χ2v) is 6.61. The molecular weight excluding hydrogens is 278 g/mol. The Morgan fingerprint density at radius 2 is 2.14 bits per heavy atom. The molecule has 5 heteroatoms. The minimum Gasteiger partial charge on any atom is -0.377 e. The van der Waals surface area contributed by atoms with Crippen LogP contribution in [0.1, 0.15) is 41.7 Å². The van der Waals surface area contributed by atoms with Crippen molar-refractivity contribution >= 4 is 5.91 Å². The van der Waals surface area contributed by atoms with Gasteiger partial charge in [0.15, 0.2) is 0 Å². The zero-order valence-electron chi connectivity index (χ0n) is 13.7. The maximum Gasteiger partial charge on any atom is 0.253 e. The Morgan fingerprint density at radius 1 is 1.36 bits per heavy atom. The Bertz CT molecular complexity index is 512. The summed E-state index contributed by atoms with van der Waals surface area (Å²) in [5, 5.41) is 3.19. The van der Waals surface area contributed by atoms with E-state index >= 15 is 0 Å². The number of nitrogens with one attached hydrogen (secondary N) is 1. The van der Waals surface area contributed by atoms with Gasteiger partial charge in [0.05, 0.1) is 11.7 Å². The number of carbonyl (C=O) groups is 1. The van der Waals surface area contributed by atoms with Crippen molar-refractivity contribution in [3.05, 3.63) is 23.5 Å². The normalized spacial score (nSPS) is 23.8. The van der Waals surface area contributed by atoms with E-state index in [4.69, 9.17) is 4.74 Å². The minimum atomic E-state index is 0.0654. The van der Waals surface area contributed by atoms with Crippen LogP contribution in [0.4, 0.5) is 0 Å². The van der Waals surface area contributed by atoms with Crippen LogP contribution < -0.4 is 5.32 Å². The molecule has 1 aromatic heterocycles. The fourth-order valence-corrected chi connectivity index (χ4v) is 3.45. The fourth-order valence-electron chi connectivity index (χ4n) is 3.45. The molecule has 2 saturated heterocycles. The van der Waals surface area contributed by atoms with Crippen LogP contribution >= 0.6 is 0 Å². The number of hydrogen-bond donors (Lipinski definition) is 1. The molecule has 1 atom stereocenters. The molecule has 5 nitrogen and oxygen atoms in total. The van der Waals surface area contributed by atoms with Crippen LogP contribution in [0.5, 0.6) is 0 Å². The molecule has 0 unspecified atom stereocenters. The Morgan fingerprint density at radius 3 is 2.73 bits per heavy atom. The van der Waals surface area contributed by atoms with E-state index in [1.165, 1.54) is 12.8 Å². The maximum atomic E-state index is 12.3. The molecule has 0 saturated carbocycles. The van der Waals surface area contributed by atoms with Gasteiger partial charge in [-0.05, 0) is 38.7 Å². The monoisotopic (exact) mass is 305 g/mol. The van der Waals surface area contributed by atoms with Crippen molar-refractivity contribution in [2.75, 3.05) is 26.2 Å². The van der Waals surface area contributed by atoms with Gasteiger partial charge in [0.25, 0.3) is 5.91 Å². The lowest BCUT2D eigenvalue weighted by Gasteiger charge is -2.33. The molecule has 2 aliphatic rings. The molecule has 1 N–H and O–H groups in total. The number of ether oxygens (including phenoxy) is 1. The van der Waals surface area contributed by atoms with Gasteiger partial charge < -0.3 is 19.5 Å². The van der Waals surface area contributed by atoms with Gasteiger partial charge in [0, 0.05) is 51.2 Å². The molecule has 0 aromatic carbocycles. The highest BCUT2D eigenvalue weighted by molar-refractivity contribution is 5.95. The Kier molecular flexibility index (Phi) is 4.84. The van der Waals surface area contributed by atoms with Gasteiger partial charge in [-0.15, -0.1) is 0 Å². The van der Waals surface area contributed by atoms with Crippen molar-refractivity contribution in [1.29, 1.82) is 0 Å². The Balaban J connectivity index is 1.45. The standard InChI is InChI=1S/C17H27N3O2/c1-13-16(7-8-19(13)2)17(21)18-14-5-9-20(10-6-14)12-15-4-3-11-22-15/h7-8,14-15H,3-6,9-12H2,1-2H3,(H,18,21)/t15-/m1/s1. The highest BCUT2D eigenvalue weighted by Gasteiger charge is 2.25. The van der Waals surface area contributed by atoms with Gasteiger partial charge in [-0.25, -0.2) is 0 Å². The van der Waals surface area contributed by atoms with Crippen molar-refractivity contribution in [3.63, 3.8) is 0 Å². The average Bonchev–Trinajstić information content (AvgIpc) is 3.12. The number of hydrogen-bond acceptors (Lipinski definition) is 3. The number of aromatic nitrogens is 1. The smallest absolute Gasteiger partial charge is 0.253 e. The summed E-state index contributed by atoms with van der Waals surface area (Å²) in [5.74, 6) is 0.0654. The van der Waals surface area contributed by atoms with Crippen molar-refractivity contribution in [3.8, 4) is 0 Å². The number of nitrogens with zero attached hydrogens (tertiary/aromatic N) is 2. The predicted octanol–water partition coefficient (Wildman–Crippen LogP) is 1.71.